The standard InChI is InChI=1S/C11H13N3S/c1-3-12-10-11(15-2)14-9-7-5-4-6-8(9)13-10/h4-7H,3H2,1-2H3,(H,12,13). The molecule has 0 fully saturated rings. The van der Waals surface area contributed by atoms with Gasteiger partial charge in [-0.25, -0.2) is 9.97 Å². The first-order chi connectivity index (χ1) is 7.35. The second kappa shape index (κ2) is 4.49. The van der Waals surface area contributed by atoms with E-state index in [9.17, 15) is 0 Å². The van der Waals surface area contributed by atoms with Crippen molar-refractivity contribution in [3.63, 3.8) is 0 Å². The van der Waals surface area contributed by atoms with Crippen molar-refractivity contribution < 1.29 is 0 Å². The Labute approximate surface area is 93.3 Å². The van der Waals surface area contributed by atoms with Gasteiger partial charge in [0.25, 0.3) is 0 Å². The first kappa shape index (κ1) is 10.2. The second-order valence-corrected chi connectivity index (χ2v) is 3.90. The first-order valence-corrected chi connectivity index (χ1v) is 6.12. The predicted molar refractivity (Wildman–Crippen MR) is 65.5 cm³/mol. The van der Waals surface area contributed by atoms with Crippen molar-refractivity contribution in [2.75, 3.05) is 18.1 Å². The van der Waals surface area contributed by atoms with E-state index in [2.05, 4.69) is 22.2 Å². The molecule has 0 amide bonds. The number of benzene rings is 1. The maximum absolute atomic E-state index is 4.55. The smallest absolute Gasteiger partial charge is 0.159 e. The second-order valence-electron chi connectivity index (χ2n) is 3.10. The average Bonchev–Trinajstić information content (AvgIpc) is 2.28. The number of thioether (sulfide) groups is 1. The van der Waals surface area contributed by atoms with Crippen LogP contribution in [-0.2, 0) is 0 Å². The van der Waals surface area contributed by atoms with Crippen LogP contribution in [0.4, 0.5) is 5.82 Å². The zero-order chi connectivity index (χ0) is 10.7. The van der Waals surface area contributed by atoms with Crippen LogP contribution in [0, 0.1) is 0 Å². The molecule has 0 unspecified atom stereocenters. The molecule has 0 bridgehead atoms. The van der Waals surface area contributed by atoms with Gasteiger partial charge in [0.05, 0.1) is 11.0 Å². The summed E-state index contributed by atoms with van der Waals surface area (Å²) < 4.78 is 0. The number of nitrogens with zero attached hydrogens (tertiary/aromatic N) is 2. The van der Waals surface area contributed by atoms with Crippen LogP contribution in [0.2, 0.25) is 0 Å². The summed E-state index contributed by atoms with van der Waals surface area (Å²) in [6.45, 7) is 2.92. The summed E-state index contributed by atoms with van der Waals surface area (Å²) in [6.07, 6.45) is 2.01. The molecule has 0 saturated carbocycles. The van der Waals surface area contributed by atoms with Crippen LogP contribution in [0.1, 0.15) is 6.92 Å². The predicted octanol–water partition coefficient (Wildman–Crippen LogP) is 2.78. The summed E-state index contributed by atoms with van der Waals surface area (Å²) in [5.41, 5.74) is 1.88. The number of hydrogen-bond acceptors (Lipinski definition) is 4. The minimum Gasteiger partial charge on any atom is -0.368 e. The Morgan fingerprint density at radius 1 is 1.20 bits per heavy atom. The fourth-order valence-electron chi connectivity index (χ4n) is 1.41. The largest absolute Gasteiger partial charge is 0.368 e. The highest BCUT2D eigenvalue weighted by atomic mass is 32.2. The van der Waals surface area contributed by atoms with Crippen LogP contribution in [0.5, 0.6) is 0 Å². The molecular formula is C11H13N3S. The fraction of sp³-hybridized carbons (Fsp3) is 0.273. The van der Waals surface area contributed by atoms with Gasteiger partial charge in [0.2, 0.25) is 0 Å². The molecule has 78 valence electrons. The van der Waals surface area contributed by atoms with Gasteiger partial charge in [-0.05, 0) is 25.3 Å². The van der Waals surface area contributed by atoms with Gasteiger partial charge < -0.3 is 5.32 Å². The Morgan fingerprint density at radius 3 is 2.47 bits per heavy atom. The topological polar surface area (TPSA) is 37.8 Å². The van der Waals surface area contributed by atoms with E-state index in [0.717, 1.165) is 28.4 Å². The Bertz CT molecular complexity index is 470. The van der Waals surface area contributed by atoms with Crippen LogP contribution in [0.15, 0.2) is 29.3 Å². The summed E-state index contributed by atoms with van der Waals surface area (Å²) in [5.74, 6) is 0.878. The van der Waals surface area contributed by atoms with Gasteiger partial charge in [-0.1, -0.05) is 12.1 Å². The summed E-state index contributed by atoms with van der Waals surface area (Å²) >= 11 is 1.61. The zero-order valence-electron chi connectivity index (χ0n) is 8.82. The highest BCUT2D eigenvalue weighted by Crippen LogP contribution is 2.23. The van der Waals surface area contributed by atoms with Crippen LogP contribution < -0.4 is 5.32 Å². The first-order valence-electron chi connectivity index (χ1n) is 4.89. The third kappa shape index (κ3) is 2.04. The van der Waals surface area contributed by atoms with Crippen molar-refractivity contribution in [1.29, 1.82) is 0 Å². The molecule has 15 heavy (non-hydrogen) atoms. The molecule has 0 aliphatic heterocycles. The fourth-order valence-corrected chi connectivity index (χ4v) is 1.91. The number of fused-ring (bicyclic) bond motifs is 1. The number of nitrogens with one attached hydrogen (secondary N) is 1. The highest BCUT2D eigenvalue weighted by molar-refractivity contribution is 7.98. The van der Waals surface area contributed by atoms with Gasteiger partial charge in [0.15, 0.2) is 5.82 Å². The molecule has 0 spiro atoms. The summed E-state index contributed by atoms with van der Waals surface area (Å²) in [7, 11) is 0. The Balaban J connectivity index is 2.58. The Kier molecular flexibility index (Phi) is 3.06. The van der Waals surface area contributed by atoms with Crippen molar-refractivity contribution in [3.05, 3.63) is 24.3 Å². The number of aromatic nitrogens is 2. The van der Waals surface area contributed by atoms with E-state index in [1.807, 2.05) is 30.5 Å². The third-order valence-corrected chi connectivity index (χ3v) is 2.75. The molecule has 0 radical (unpaired) electrons. The zero-order valence-corrected chi connectivity index (χ0v) is 9.64. The SMILES string of the molecule is CCNc1nc2ccccc2nc1SC. The lowest BCUT2D eigenvalue weighted by Crippen LogP contribution is -2.02. The van der Waals surface area contributed by atoms with Crippen LogP contribution in [0.3, 0.4) is 0 Å². The van der Waals surface area contributed by atoms with Crippen molar-refractivity contribution in [2.24, 2.45) is 0 Å². The minimum absolute atomic E-state index is 0.862. The highest BCUT2D eigenvalue weighted by Gasteiger charge is 2.05. The van der Waals surface area contributed by atoms with E-state index in [4.69, 9.17) is 0 Å². The molecule has 2 aromatic rings. The number of para-hydroxylation sites is 2. The molecule has 1 aromatic heterocycles. The minimum atomic E-state index is 0.862. The maximum Gasteiger partial charge on any atom is 0.159 e. The molecule has 0 atom stereocenters. The third-order valence-electron chi connectivity index (χ3n) is 2.08. The summed E-state index contributed by atoms with van der Waals surface area (Å²) in [4.78, 5) is 9.09. The lowest BCUT2D eigenvalue weighted by atomic mass is 10.3. The summed E-state index contributed by atoms with van der Waals surface area (Å²) in [6, 6.07) is 7.92. The van der Waals surface area contributed by atoms with Gasteiger partial charge in [-0.15, -0.1) is 11.8 Å². The molecule has 1 N–H and O–H groups in total. The number of hydrogen-bond donors (Lipinski definition) is 1. The van der Waals surface area contributed by atoms with Crippen molar-refractivity contribution >= 4 is 28.6 Å². The number of rotatable bonds is 3. The van der Waals surface area contributed by atoms with Crippen LogP contribution in [0.25, 0.3) is 11.0 Å². The molecule has 1 heterocycles. The normalized spacial score (nSPS) is 10.5. The maximum atomic E-state index is 4.55. The summed E-state index contributed by atoms with van der Waals surface area (Å²) in [5, 5.41) is 4.18. The molecule has 2 rings (SSSR count). The molecule has 1 aromatic carbocycles. The molecule has 0 aliphatic carbocycles. The van der Waals surface area contributed by atoms with E-state index < -0.39 is 0 Å². The molecule has 4 heteroatoms. The van der Waals surface area contributed by atoms with Crippen LogP contribution in [-0.4, -0.2) is 22.8 Å². The lowest BCUT2D eigenvalue weighted by Gasteiger charge is -2.07. The Morgan fingerprint density at radius 2 is 1.87 bits per heavy atom. The van der Waals surface area contributed by atoms with Gasteiger partial charge in [0.1, 0.15) is 5.03 Å². The molecule has 3 nitrogen and oxygen atoms in total. The van der Waals surface area contributed by atoms with Gasteiger partial charge in [-0.3, -0.25) is 0 Å². The van der Waals surface area contributed by atoms with E-state index in [-0.39, 0.29) is 0 Å². The van der Waals surface area contributed by atoms with Gasteiger partial charge in [-0.2, -0.15) is 0 Å². The van der Waals surface area contributed by atoms with E-state index in [1.165, 1.54) is 0 Å². The van der Waals surface area contributed by atoms with Crippen molar-refractivity contribution in [3.8, 4) is 0 Å². The Hall–Kier alpha value is -1.29. The van der Waals surface area contributed by atoms with E-state index in [0.29, 0.717) is 0 Å². The van der Waals surface area contributed by atoms with E-state index in [1.54, 1.807) is 11.8 Å². The van der Waals surface area contributed by atoms with Crippen molar-refractivity contribution in [1.82, 2.24) is 9.97 Å². The molecule has 0 saturated heterocycles. The quantitative estimate of drug-likeness (QED) is 0.805. The monoisotopic (exact) mass is 219 g/mol. The molecule has 0 aliphatic rings. The van der Waals surface area contributed by atoms with Gasteiger partial charge in [0, 0.05) is 6.54 Å². The van der Waals surface area contributed by atoms with E-state index >= 15 is 0 Å². The lowest BCUT2D eigenvalue weighted by molar-refractivity contribution is 1.07. The average molecular weight is 219 g/mol. The number of anilines is 1. The molecular weight excluding hydrogens is 206 g/mol. The van der Waals surface area contributed by atoms with Gasteiger partial charge >= 0.3 is 0 Å². The van der Waals surface area contributed by atoms with Crippen LogP contribution >= 0.6 is 11.8 Å². The van der Waals surface area contributed by atoms with Crippen molar-refractivity contribution in [2.45, 2.75) is 11.9 Å².